The highest BCUT2D eigenvalue weighted by molar-refractivity contribution is 5.66. The second-order valence-corrected chi connectivity index (χ2v) is 4.19. The number of nitrogens with two attached hydrogens (primary N) is 1. The zero-order valence-corrected chi connectivity index (χ0v) is 9.09. The van der Waals surface area contributed by atoms with Crippen molar-refractivity contribution < 1.29 is 4.74 Å². The zero-order chi connectivity index (χ0) is 10.8. The Hall–Kier alpha value is -1.45. The molecule has 1 aromatic heterocycles. The molecule has 0 aromatic carbocycles. The van der Waals surface area contributed by atoms with Gasteiger partial charge in [0, 0.05) is 11.6 Å². The number of ether oxygens (including phenoxy) is 1. The predicted octanol–water partition coefficient (Wildman–Crippen LogP) is 1.88. The molecule has 0 bridgehead atoms. The molecule has 78 valence electrons. The minimum absolute atomic E-state index is 0.0273. The molecule has 0 spiro atoms. The maximum atomic E-state index is 5.77. The van der Waals surface area contributed by atoms with Gasteiger partial charge in [0.1, 0.15) is 0 Å². The standard InChI is InChI=1S/C10H17N3O/c1-10(2,3)13-8-5-9(14-4)12-6-7(8)11/h5-6H,11H2,1-4H3,(H,12,13). The third-order valence-corrected chi connectivity index (χ3v) is 1.63. The molecule has 0 unspecified atom stereocenters. The Labute approximate surface area is 84.5 Å². The number of hydrogen-bond donors (Lipinski definition) is 2. The molecule has 0 saturated carbocycles. The van der Waals surface area contributed by atoms with Crippen LogP contribution in [0.5, 0.6) is 5.88 Å². The average Bonchev–Trinajstić information content (AvgIpc) is 2.06. The molecule has 0 saturated heterocycles. The molecule has 3 N–H and O–H groups in total. The molecular weight excluding hydrogens is 178 g/mol. The van der Waals surface area contributed by atoms with Crippen LogP contribution >= 0.6 is 0 Å². The Morgan fingerprint density at radius 3 is 2.57 bits per heavy atom. The van der Waals surface area contributed by atoms with E-state index in [1.54, 1.807) is 19.4 Å². The van der Waals surface area contributed by atoms with E-state index < -0.39 is 0 Å². The summed E-state index contributed by atoms with van der Waals surface area (Å²) in [4.78, 5) is 4.00. The first-order valence-corrected chi connectivity index (χ1v) is 4.50. The summed E-state index contributed by atoms with van der Waals surface area (Å²) in [6.07, 6.45) is 1.59. The van der Waals surface area contributed by atoms with Gasteiger partial charge in [-0.3, -0.25) is 0 Å². The summed E-state index contributed by atoms with van der Waals surface area (Å²) >= 11 is 0. The first-order chi connectivity index (χ1) is 6.42. The van der Waals surface area contributed by atoms with E-state index in [1.807, 2.05) is 0 Å². The van der Waals surface area contributed by atoms with Gasteiger partial charge < -0.3 is 15.8 Å². The summed E-state index contributed by atoms with van der Waals surface area (Å²) in [7, 11) is 1.58. The van der Waals surface area contributed by atoms with Gasteiger partial charge in [-0.15, -0.1) is 0 Å². The molecule has 0 amide bonds. The van der Waals surface area contributed by atoms with Crippen LogP contribution in [0, 0.1) is 0 Å². The molecule has 0 radical (unpaired) electrons. The quantitative estimate of drug-likeness (QED) is 0.756. The van der Waals surface area contributed by atoms with Gasteiger partial charge >= 0.3 is 0 Å². The summed E-state index contributed by atoms with van der Waals surface area (Å²) in [6, 6.07) is 1.79. The van der Waals surface area contributed by atoms with Crippen LogP contribution in [0.1, 0.15) is 20.8 Å². The molecule has 4 heteroatoms. The van der Waals surface area contributed by atoms with Crippen molar-refractivity contribution >= 4 is 11.4 Å². The van der Waals surface area contributed by atoms with E-state index in [2.05, 4.69) is 31.1 Å². The third kappa shape index (κ3) is 2.80. The number of aromatic nitrogens is 1. The Morgan fingerprint density at radius 1 is 1.43 bits per heavy atom. The summed E-state index contributed by atoms with van der Waals surface area (Å²) in [6.45, 7) is 6.21. The molecule has 0 aliphatic carbocycles. The third-order valence-electron chi connectivity index (χ3n) is 1.63. The summed E-state index contributed by atoms with van der Waals surface area (Å²) in [5, 5.41) is 3.28. The molecule has 14 heavy (non-hydrogen) atoms. The number of hydrogen-bond acceptors (Lipinski definition) is 4. The average molecular weight is 195 g/mol. The van der Waals surface area contributed by atoms with Crippen LogP contribution in [0.25, 0.3) is 0 Å². The van der Waals surface area contributed by atoms with E-state index in [0.29, 0.717) is 11.6 Å². The van der Waals surface area contributed by atoms with Gasteiger partial charge in [-0.1, -0.05) is 0 Å². The maximum Gasteiger partial charge on any atom is 0.215 e. The number of nitrogens with one attached hydrogen (secondary N) is 1. The van der Waals surface area contributed by atoms with Crippen LogP contribution in [0.2, 0.25) is 0 Å². The van der Waals surface area contributed by atoms with E-state index in [0.717, 1.165) is 5.69 Å². The number of nitrogen functional groups attached to an aromatic ring is 1. The first kappa shape index (κ1) is 10.6. The van der Waals surface area contributed by atoms with E-state index in [9.17, 15) is 0 Å². The van der Waals surface area contributed by atoms with Crippen molar-refractivity contribution in [2.24, 2.45) is 0 Å². The van der Waals surface area contributed by atoms with E-state index in [4.69, 9.17) is 10.5 Å². The van der Waals surface area contributed by atoms with E-state index >= 15 is 0 Å². The van der Waals surface area contributed by atoms with Gasteiger partial charge in [0.2, 0.25) is 5.88 Å². The van der Waals surface area contributed by atoms with Crippen molar-refractivity contribution in [3.63, 3.8) is 0 Å². The van der Waals surface area contributed by atoms with Crippen LogP contribution < -0.4 is 15.8 Å². The van der Waals surface area contributed by atoms with Crippen molar-refractivity contribution in [2.45, 2.75) is 26.3 Å². The fourth-order valence-electron chi connectivity index (χ4n) is 1.07. The van der Waals surface area contributed by atoms with Crippen LogP contribution in [-0.4, -0.2) is 17.6 Å². The number of rotatable bonds is 2. The Morgan fingerprint density at radius 2 is 2.07 bits per heavy atom. The fourth-order valence-corrected chi connectivity index (χ4v) is 1.07. The zero-order valence-electron chi connectivity index (χ0n) is 9.09. The predicted molar refractivity (Wildman–Crippen MR) is 58.6 cm³/mol. The maximum absolute atomic E-state index is 5.77. The fraction of sp³-hybridized carbons (Fsp3) is 0.500. The molecule has 0 atom stereocenters. The SMILES string of the molecule is COc1cc(NC(C)(C)C)c(N)cn1. The smallest absolute Gasteiger partial charge is 0.215 e. The summed E-state index contributed by atoms with van der Waals surface area (Å²) in [5.74, 6) is 0.561. The molecule has 1 rings (SSSR count). The Balaban J connectivity index is 2.95. The Bertz CT molecular complexity index is 318. The van der Waals surface area contributed by atoms with Gasteiger partial charge in [-0.2, -0.15) is 0 Å². The van der Waals surface area contributed by atoms with Crippen molar-refractivity contribution in [3.8, 4) is 5.88 Å². The van der Waals surface area contributed by atoms with Gasteiger partial charge in [0.25, 0.3) is 0 Å². The van der Waals surface area contributed by atoms with Gasteiger partial charge in [0.05, 0.1) is 24.7 Å². The second-order valence-electron chi connectivity index (χ2n) is 4.19. The molecule has 0 aliphatic heterocycles. The lowest BCUT2D eigenvalue weighted by Gasteiger charge is -2.23. The van der Waals surface area contributed by atoms with Gasteiger partial charge in [0.15, 0.2) is 0 Å². The summed E-state index contributed by atoms with van der Waals surface area (Å²) in [5.41, 5.74) is 7.22. The first-order valence-electron chi connectivity index (χ1n) is 4.50. The molecule has 0 fully saturated rings. The molecule has 0 aliphatic rings. The van der Waals surface area contributed by atoms with Crippen molar-refractivity contribution in [1.82, 2.24) is 4.98 Å². The number of nitrogens with zero attached hydrogens (tertiary/aromatic N) is 1. The topological polar surface area (TPSA) is 60.2 Å². The lowest BCUT2D eigenvalue weighted by Crippen LogP contribution is -2.26. The van der Waals surface area contributed by atoms with Crippen LogP contribution in [0.3, 0.4) is 0 Å². The van der Waals surface area contributed by atoms with Crippen molar-refractivity contribution in [3.05, 3.63) is 12.3 Å². The molecule has 1 heterocycles. The largest absolute Gasteiger partial charge is 0.481 e. The Kier molecular flexibility index (Phi) is 2.84. The minimum Gasteiger partial charge on any atom is -0.481 e. The number of pyridine rings is 1. The molecular formula is C10H17N3O. The highest BCUT2D eigenvalue weighted by Gasteiger charge is 2.12. The van der Waals surface area contributed by atoms with Crippen molar-refractivity contribution in [2.75, 3.05) is 18.2 Å². The van der Waals surface area contributed by atoms with Crippen LogP contribution in [-0.2, 0) is 0 Å². The summed E-state index contributed by atoms with van der Waals surface area (Å²) < 4.78 is 5.02. The lowest BCUT2D eigenvalue weighted by molar-refractivity contribution is 0.398. The van der Waals surface area contributed by atoms with Gasteiger partial charge in [-0.25, -0.2) is 4.98 Å². The van der Waals surface area contributed by atoms with Crippen LogP contribution in [0.4, 0.5) is 11.4 Å². The monoisotopic (exact) mass is 195 g/mol. The van der Waals surface area contributed by atoms with Gasteiger partial charge in [-0.05, 0) is 20.8 Å². The molecule has 4 nitrogen and oxygen atoms in total. The lowest BCUT2D eigenvalue weighted by atomic mass is 10.1. The highest BCUT2D eigenvalue weighted by atomic mass is 16.5. The normalized spacial score (nSPS) is 11.1. The van der Waals surface area contributed by atoms with E-state index in [1.165, 1.54) is 0 Å². The molecule has 1 aromatic rings. The van der Waals surface area contributed by atoms with E-state index in [-0.39, 0.29) is 5.54 Å². The van der Waals surface area contributed by atoms with Crippen LogP contribution in [0.15, 0.2) is 12.3 Å². The second kappa shape index (κ2) is 3.74. The van der Waals surface area contributed by atoms with Crippen molar-refractivity contribution in [1.29, 1.82) is 0 Å². The number of methoxy groups -OCH3 is 1. The highest BCUT2D eigenvalue weighted by Crippen LogP contribution is 2.24. The number of anilines is 2. The minimum atomic E-state index is -0.0273.